The number of hydrogen-bond donors (Lipinski definition) is 1. The van der Waals surface area contributed by atoms with Crippen LogP contribution >= 0.6 is 15.9 Å². The molecule has 0 aromatic heterocycles. The van der Waals surface area contributed by atoms with Crippen LogP contribution in [0.2, 0.25) is 0 Å². The van der Waals surface area contributed by atoms with Crippen molar-refractivity contribution >= 4 is 27.5 Å². The van der Waals surface area contributed by atoms with Crippen LogP contribution in [0.3, 0.4) is 0 Å². The van der Waals surface area contributed by atoms with Crippen molar-refractivity contribution in [1.29, 1.82) is 0 Å². The Morgan fingerprint density at radius 1 is 1.40 bits per heavy atom. The summed E-state index contributed by atoms with van der Waals surface area (Å²) in [4.78, 5) is 11.2. The first-order valence-electron chi connectivity index (χ1n) is 4.83. The molecule has 1 rings (SSSR count). The maximum absolute atomic E-state index is 11.2. The lowest BCUT2D eigenvalue weighted by Crippen LogP contribution is -1.93. The molecule has 0 bridgehead atoms. The van der Waals surface area contributed by atoms with Crippen LogP contribution in [0, 0.1) is 0 Å². The van der Waals surface area contributed by atoms with Crippen LogP contribution in [0.5, 0.6) is 0 Å². The van der Waals surface area contributed by atoms with Gasteiger partial charge in [0, 0.05) is 22.5 Å². The molecule has 1 aromatic carbocycles. The van der Waals surface area contributed by atoms with Crippen LogP contribution in [0.1, 0.15) is 25.3 Å². The maximum atomic E-state index is 11.2. The van der Waals surface area contributed by atoms with E-state index in [-0.39, 0.29) is 11.5 Å². The third-order valence-electron chi connectivity index (χ3n) is 1.93. The van der Waals surface area contributed by atoms with Crippen molar-refractivity contribution in [3.8, 4) is 0 Å². The van der Waals surface area contributed by atoms with Crippen LogP contribution in [-0.2, 0) is 4.79 Å². The van der Waals surface area contributed by atoms with Gasteiger partial charge in [0.1, 0.15) is 5.76 Å². The fraction of sp³-hybridized carbons (Fsp3) is 0.250. The third kappa shape index (κ3) is 3.88. The van der Waals surface area contributed by atoms with Crippen LogP contribution in [0.15, 0.2) is 34.8 Å². The standard InChI is InChI=1S/C12H13BrO2/c1-2-3-11(14)8-12(15)9-4-6-10(13)7-5-9/h4-8,15H,2-3H2,1H3/b12-8-. The van der Waals surface area contributed by atoms with Gasteiger partial charge in [-0.2, -0.15) is 0 Å². The van der Waals surface area contributed by atoms with Crippen LogP contribution in [0.25, 0.3) is 5.76 Å². The Balaban J connectivity index is 2.79. The summed E-state index contributed by atoms with van der Waals surface area (Å²) >= 11 is 3.30. The number of carbonyl (C=O) groups excluding carboxylic acids is 1. The molecule has 0 aliphatic heterocycles. The summed E-state index contributed by atoms with van der Waals surface area (Å²) in [6.07, 6.45) is 2.55. The summed E-state index contributed by atoms with van der Waals surface area (Å²) in [5.41, 5.74) is 0.655. The van der Waals surface area contributed by atoms with E-state index < -0.39 is 0 Å². The molecule has 0 saturated heterocycles. The Morgan fingerprint density at radius 2 is 2.00 bits per heavy atom. The summed E-state index contributed by atoms with van der Waals surface area (Å²) in [7, 11) is 0. The third-order valence-corrected chi connectivity index (χ3v) is 2.46. The number of benzene rings is 1. The first kappa shape index (κ1) is 12.0. The second-order valence-electron chi connectivity index (χ2n) is 3.25. The number of aliphatic hydroxyl groups is 1. The van der Waals surface area contributed by atoms with Gasteiger partial charge in [0.2, 0.25) is 0 Å². The van der Waals surface area contributed by atoms with Gasteiger partial charge >= 0.3 is 0 Å². The predicted octanol–water partition coefficient (Wildman–Crippen LogP) is 3.72. The summed E-state index contributed by atoms with van der Waals surface area (Å²) in [5.74, 6) is -0.0149. The lowest BCUT2D eigenvalue weighted by atomic mass is 10.1. The number of carbonyl (C=O) groups is 1. The van der Waals surface area contributed by atoms with Gasteiger partial charge in [-0.25, -0.2) is 0 Å². The molecular formula is C12H13BrO2. The second-order valence-corrected chi connectivity index (χ2v) is 4.17. The number of aliphatic hydroxyl groups excluding tert-OH is 1. The van der Waals surface area contributed by atoms with E-state index in [1.165, 1.54) is 6.08 Å². The number of rotatable bonds is 4. The quantitative estimate of drug-likeness (QED) is 0.668. The average Bonchev–Trinajstić information content (AvgIpc) is 2.18. The molecule has 0 amide bonds. The Hall–Kier alpha value is -1.09. The van der Waals surface area contributed by atoms with Gasteiger partial charge in [-0.15, -0.1) is 0 Å². The Morgan fingerprint density at radius 3 is 2.53 bits per heavy atom. The van der Waals surface area contributed by atoms with Crippen molar-refractivity contribution in [2.24, 2.45) is 0 Å². The average molecular weight is 269 g/mol. The SMILES string of the molecule is CCCC(=O)/C=C(\O)c1ccc(Br)cc1. The van der Waals surface area contributed by atoms with Gasteiger partial charge in [0.15, 0.2) is 5.78 Å². The molecule has 2 nitrogen and oxygen atoms in total. The zero-order valence-electron chi connectivity index (χ0n) is 8.53. The van der Waals surface area contributed by atoms with E-state index in [0.29, 0.717) is 12.0 Å². The summed E-state index contributed by atoms with van der Waals surface area (Å²) in [6, 6.07) is 7.16. The highest BCUT2D eigenvalue weighted by atomic mass is 79.9. The molecule has 0 radical (unpaired) electrons. The fourth-order valence-corrected chi connectivity index (χ4v) is 1.44. The zero-order chi connectivity index (χ0) is 11.3. The minimum Gasteiger partial charge on any atom is -0.507 e. The molecule has 3 heteroatoms. The Bertz CT molecular complexity index is 366. The van der Waals surface area contributed by atoms with E-state index in [4.69, 9.17) is 0 Å². The Kier molecular flexibility index (Phi) is 4.56. The molecule has 0 heterocycles. The molecule has 0 spiro atoms. The smallest absolute Gasteiger partial charge is 0.159 e. The monoisotopic (exact) mass is 268 g/mol. The highest BCUT2D eigenvalue weighted by molar-refractivity contribution is 9.10. The van der Waals surface area contributed by atoms with Crippen molar-refractivity contribution in [2.45, 2.75) is 19.8 Å². The topological polar surface area (TPSA) is 37.3 Å². The molecule has 0 atom stereocenters. The van der Waals surface area contributed by atoms with Crippen molar-refractivity contribution in [3.05, 3.63) is 40.4 Å². The predicted molar refractivity (Wildman–Crippen MR) is 64.7 cm³/mol. The zero-order valence-corrected chi connectivity index (χ0v) is 10.1. The number of allylic oxidation sites excluding steroid dienone is 1. The van der Waals surface area contributed by atoms with Gasteiger partial charge in [-0.3, -0.25) is 4.79 Å². The highest BCUT2D eigenvalue weighted by Crippen LogP contribution is 2.16. The summed E-state index contributed by atoms with van der Waals surface area (Å²) in [5, 5.41) is 9.63. The van der Waals surface area contributed by atoms with Gasteiger partial charge in [-0.05, 0) is 18.6 Å². The molecule has 0 unspecified atom stereocenters. The Labute approximate surface area is 97.8 Å². The molecule has 0 saturated carbocycles. The summed E-state index contributed by atoms with van der Waals surface area (Å²) < 4.78 is 0.943. The largest absolute Gasteiger partial charge is 0.507 e. The molecule has 0 aliphatic rings. The summed E-state index contributed by atoms with van der Waals surface area (Å²) in [6.45, 7) is 1.93. The molecule has 80 valence electrons. The van der Waals surface area contributed by atoms with E-state index in [1.807, 2.05) is 19.1 Å². The fourth-order valence-electron chi connectivity index (χ4n) is 1.18. The molecule has 0 aliphatic carbocycles. The van der Waals surface area contributed by atoms with Crippen molar-refractivity contribution in [1.82, 2.24) is 0 Å². The molecule has 1 N–H and O–H groups in total. The number of ketones is 1. The van der Waals surface area contributed by atoms with E-state index in [2.05, 4.69) is 15.9 Å². The van der Waals surface area contributed by atoms with Gasteiger partial charge in [0.05, 0.1) is 0 Å². The van der Waals surface area contributed by atoms with E-state index in [1.54, 1.807) is 12.1 Å². The van der Waals surface area contributed by atoms with E-state index >= 15 is 0 Å². The van der Waals surface area contributed by atoms with Crippen LogP contribution in [0.4, 0.5) is 0 Å². The van der Waals surface area contributed by atoms with Crippen LogP contribution in [-0.4, -0.2) is 10.9 Å². The highest BCUT2D eigenvalue weighted by Gasteiger charge is 2.02. The van der Waals surface area contributed by atoms with E-state index in [9.17, 15) is 9.90 Å². The molecule has 15 heavy (non-hydrogen) atoms. The molecule has 0 fully saturated rings. The first-order valence-corrected chi connectivity index (χ1v) is 5.62. The van der Waals surface area contributed by atoms with E-state index in [0.717, 1.165) is 10.9 Å². The second kappa shape index (κ2) is 5.71. The van der Waals surface area contributed by atoms with Crippen molar-refractivity contribution in [3.63, 3.8) is 0 Å². The minimum atomic E-state index is -0.0436. The normalized spacial score (nSPS) is 11.5. The first-order chi connectivity index (χ1) is 7.13. The number of hydrogen-bond acceptors (Lipinski definition) is 2. The van der Waals surface area contributed by atoms with Crippen LogP contribution < -0.4 is 0 Å². The molecular weight excluding hydrogens is 256 g/mol. The minimum absolute atomic E-state index is 0.0287. The molecule has 1 aromatic rings. The maximum Gasteiger partial charge on any atom is 0.159 e. The lowest BCUT2D eigenvalue weighted by molar-refractivity contribution is -0.114. The lowest BCUT2D eigenvalue weighted by Gasteiger charge is -2.00. The van der Waals surface area contributed by atoms with Gasteiger partial charge < -0.3 is 5.11 Å². The number of halogens is 1. The van der Waals surface area contributed by atoms with Crippen molar-refractivity contribution < 1.29 is 9.90 Å². The van der Waals surface area contributed by atoms with Gasteiger partial charge in [-0.1, -0.05) is 35.0 Å². The van der Waals surface area contributed by atoms with Crippen molar-refractivity contribution in [2.75, 3.05) is 0 Å². The van der Waals surface area contributed by atoms with Gasteiger partial charge in [0.25, 0.3) is 0 Å².